The number of amides is 2. The quantitative estimate of drug-likeness (QED) is 0.294. The Morgan fingerprint density at radius 2 is 1.59 bits per heavy atom. The van der Waals surface area contributed by atoms with Crippen molar-refractivity contribution in [3.8, 4) is 0 Å². The van der Waals surface area contributed by atoms with Gasteiger partial charge in [0.2, 0.25) is 11.8 Å². The summed E-state index contributed by atoms with van der Waals surface area (Å²) in [6, 6.07) is 18.5. The molecule has 2 amide bonds. The molecule has 39 heavy (non-hydrogen) atoms. The number of nitrogens with one attached hydrogen (secondary N) is 1. The molecule has 0 aliphatic rings. The van der Waals surface area contributed by atoms with Gasteiger partial charge in [-0.2, -0.15) is 0 Å². The van der Waals surface area contributed by atoms with Crippen LogP contribution in [-0.4, -0.2) is 43.3 Å². The Morgan fingerprint density at radius 1 is 0.974 bits per heavy atom. The van der Waals surface area contributed by atoms with Crippen LogP contribution >= 0.6 is 39.1 Å². The van der Waals surface area contributed by atoms with Gasteiger partial charge in [-0.05, 0) is 75.7 Å². The van der Waals surface area contributed by atoms with E-state index in [4.69, 9.17) is 23.2 Å². The van der Waals surface area contributed by atoms with E-state index in [0.29, 0.717) is 5.02 Å². The van der Waals surface area contributed by atoms with E-state index < -0.39 is 34.1 Å². The third kappa shape index (κ3) is 8.20. The van der Waals surface area contributed by atoms with E-state index in [1.165, 1.54) is 35.2 Å². The van der Waals surface area contributed by atoms with Crippen LogP contribution in [0.4, 0.5) is 5.69 Å². The Bertz CT molecular complexity index is 1430. The molecule has 0 saturated heterocycles. The highest BCUT2D eigenvalue weighted by Gasteiger charge is 2.34. The van der Waals surface area contributed by atoms with E-state index in [9.17, 15) is 18.0 Å². The van der Waals surface area contributed by atoms with Crippen molar-refractivity contribution in [2.24, 2.45) is 0 Å². The Morgan fingerprint density at radius 3 is 2.15 bits per heavy atom. The molecule has 0 aromatic heterocycles. The molecule has 1 unspecified atom stereocenters. The Labute approximate surface area is 248 Å². The van der Waals surface area contributed by atoms with E-state index in [-0.39, 0.29) is 28.1 Å². The van der Waals surface area contributed by atoms with Gasteiger partial charge in [-0.25, -0.2) is 8.42 Å². The van der Waals surface area contributed by atoms with Gasteiger partial charge in [0.15, 0.2) is 0 Å². The smallest absolute Gasteiger partial charge is 0.264 e. The molecule has 7 nitrogen and oxygen atoms in total. The molecule has 0 heterocycles. The SMILES string of the molecule is CC(C(=O)NC(C)(C)C)N(Cc1ccc(Br)cc1)C(=O)CN(c1ccc(Cl)cc1Cl)S(=O)(=O)c1ccccc1. The Hall–Kier alpha value is -2.59. The highest BCUT2D eigenvalue weighted by atomic mass is 79.9. The third-order valence-corrected chi connectivity index (χ3v) is 8.56. The fourth-order valence-corrected chi connectivity index (χ4v) is 6.04. The molecule has 1 atom stereocenters. The molecule has 208 valence electrons. The van der Waals surface area contributed by atoms with Crippen molar-refractivity contribution in [1.82, 2.24) is 10.2 Å². The lowest BCUT2D eigenvalue weighted by Crippen LogP contribution is -2.54. The molecular formula is C28H30BrCl2N3O4S. The summed E-state index contributed by atoms with van der Waals surface area (Å²) in [5, 5.41) is 3.28. The van der Waals surface area contributed by atoms with Gasteiger partial charge in [-0.15, -0.1) is 0 Å². The van der Waals surface area contributed by atoms with Crippen LogP contribution in [-0.2, 0) is 26.2 Å². The standard InChI is InChI=1S/C28H30BrCl2N3O4S/c1-19(27(36)32-28(2,3)4)33(17-20-10-12-21(29)13-11-20)26(35)18-34(25-15-14-22(30)16-24(25)31)39(37,38)23-8-6-5-7-9-23/h5-16,19H,17-18H2,1-4H3,(H,32,36). The molecule has 0 saturated carbocycles. The van der Waals surface area contributed by atoms with Crippen molar-refractivity contribution in [3.63, 3.8) is 0 Å². The largest absolute Gasteiger partial charge is 0.350 e. The average Bonchev–Trinajstić information content (AvgIpc) is 2.86. The number of sulfonamides is 1. The van der Waals surface area contributed by atoms with Crippen LogP contribution in [0, 0.1) is 0 Å². The first-order chi connectivity index (χ1) is 18.2. The van der Waals surface area contributed by atoms with Crippen LogP contribution in [0.3, 0.4) is 0 Å². The summed E-state index contributed by atoms with van der Waals surface area (Å²) in [4.78, 5) is 28.4. The van der Waals surface area contributed by atoms with E-state index in [1.807, 2.05) is 45.0 Å². The second-order valence-electron chi connectivity index (χ2n) is 9.98. The lowest BCUT2D eigenvalue weighted by molar-refractivity contribution is -0.140. The molecule has 1 N–H and O–H groups in total. The maximum atomic E-state index is 13.9. The van der Waals surface area contributed by atoms with E-state index in [0.717, 1.165) is 14.3 Å². The minimum atomic E-state index is -4.22. The van der Waals surface area contributed by atoms with E-state index >= 15 is 0 Å². The fourth-order valence-electron chi connectivity index (χ4n) is 3.76. The van der Waals surface area contributed by atoms with Crippen molar-refractivity contribution in [2.75, 3.05) is 10.8 Å². The summed E-state index contributed by atoms with van der Waals surface area (Å²) in [5.41, 5.74) is 0.328. The van der Waals surface area contributed by atoms with Crippen LogP contribution in [0.1, 0.15) is 33.3 Å². The zero-order chi connectivity index (χ0) is 29.0. The molecular weight excluding hydrogens is 625 g/mol. The van der Waals surface area contributed by atoms with Gasteiger partial charge in [0.1, 0.15) is 12.6 Å². The topological polar surface area (TPSA) is 86.8 Å². The second kappa shape index (κ2) is 12.7. The van der Waals surface area contributed by atoms with Crippen LogP contribution in [0.5, 0.6) is 0 Å². The Kier molecular flexibility index (Phi) is 10.1. The van der Waals surface area contributed by atoms with Gasteiger partial charge in [0.05, 0.1) is 15.6 Å². The predicted molar refractivity (Wildman–Crippen MR) is 159 cm³/mol. The first kappa shape index (κ1) is 30.9. The van der Waals surface area contributed by atoms with Gasteiger partial charge < -0.3 is 10.2 Å². The van der Waals surface area contributed by atoms with Crippen LogP contribution < -0.4 is 9.62 Å². The second-order valence-corrected chi connectivity index (χ2v) is 13.6. The predicted octanol–water partition coefficient (Wildman–Crippen LogP) is 6.28. The summed E-state index contributed by atoms with van der Waals surface area (Å²) < 4.78 is 29.4. The third-order valence-electron chi connectivity index (χ3n) is 5.72. The van der Waals surface area contributed by atoms with Crippen LogP contribution in [0.15, 0.2) is 82.2 Å². The number of rotatable bonds is 9. The number of hydrogen-bond donors (Lipinski definition) is 1. The maximum absolute atomic E-state index is 13.9. The molecule has 0 spiro atoms. The van der Waals surface area contributed by atoms with Gasteiger partial charge in [-0.3, -0.25) is 13.9 Å². The normalized spacial score (nSPS) is 12.5. The minimum absolute atomic E-state index is 0.0122. The number of nitrogens with zero attached hydrogens (tertiary/aromatic N) is 2. The van der Waals surface area contributed by atoms with Crippen molar-refractivity contribution in [1.29, 1.82) is 0 Å². The summed E-state index contributed by atoms with van der Waals surface area (Å²) in [7, 11) is -4.22. The number of anilines is 1. The van der Waals surface area contributed by atoms with Gasteiger partial charge in [0, 0.05) is 21.6 Å². The summed E-state index contributed by atoms with van der Waals surface area (Å²) in [6.45, 7) is 6.63. The first-order valence-corrected chi connectivity index (χ1v) is 15.1. The molecule has 0 aliphatic carbocycles. The fraction of sp³-hybridized carbons (Fsp3) is 0.286. The molecule has 0 bridgehead atoms. The first-order valence-electron chi connectivity index (χ1n) is 12.1. The lowest BCUT2D eigenvalue weighted by atomic mass is 10.1. The van der Waals surface area contributed by atoms with Crippen LogP contribution in [0.25, 0.3) is 0 Å². The number of carbonyl (C=O) groups excluding carboxylic acids is 2. The zero-order valence-corrected chi connectivity index (χ0v) is 25.9. The highest BCUT2D eigenvalue weighted by molar-refractivity contribution is 9.10. The number of benzene rings is 3. The summed E-state index contributed by atoms with van der Waals surface area (Å²) in [6.07, 6.45) is 0. The maximum Gasteiger partial charge on any atom is 0.264 e. The lowest BCUT2D eigenvalue weighted by Gasteiger charge is -2.33. The van der Waals surface area contributed by atoms with Crippen molar-refractivity contribution in [3.05, 3.63) is 92.9 Å². The number of carbonyl (C=O) groups is 2. The van der Waals surface area contributed by atoms with Crippen LogP contribution in [0.2, 0.25) is 10.0 Å². The average molecular weight is 655 g/mol. The molecule has 3 rings (SSSR count). The van der Waals surface area contributed by atoms with Gasteiger partial charge in [-0.1, -0.05) is 69.5 Å². The molecule has 0 aliphatic heterocycles. The molecule has 3 aromatic carbocycles. The number of halogens is 3. The summed E-state index contributed by atoms with van der Waals surface area (Å²) >= 11 is 15.9. The van der Waals surface area contributed by atoms with E-state index in [1.54, 1.807) is 25.1 Å². The van der Waals surface area contributed by atoms with Gasteiger partial charge in [0.25, 0.3) is 10.0 Å². The molecule has 0 radical (unpaired) electrons. The zero-order valence-electron chi connectivity index (χ0n) is 22.0. The van der Waals surface area contributed by atoms with Crippen molar-refractivity contribution >= 4 is 66.7 Å². The Balaban J connectivity index is 2.05. The molecule has 3 aromatic rings. The minimum Gasteiger partial charge on any atom is -0.350 e. The molecule has 0 fully saturated rings. The van der Waals surface area contributed by atoms with Gasteiger partial charge >= 0.3 is 0 Å². The highest BCUT2D eigenvalue weighted by Crippen LogP contribution is 2.33. The monoisotopic (exact) mass is 653 g/mol. The van der Waals surface area contributed by atoms with E-state index in [2.05, 4.69) is 21.2 Å². The van der Waals surface area contributed by atoms with Crippen molar-refractivity contribution in [2.45, 2.75) is 50.7 Å². The van der Waals surface area contributed by atoms with Crippen molar-refractivity contribution < 1.29 is 18.0 Å². The molecule has 11 heteroatoms. The number of hydrogen-bond acceptors (Lipinski definition) is 4. The summed E-state index contributed by atoms with van der Waals surface area (Å²) in [5.74, 6) is -0.949.